The summed E-state index contributed by atoms with van der Waals surface area (Å²) in [5, 5.41) is 6.83. The van der Waals surface area contributed by atoms with Gasteiger partial charge in [0.25, 0.3) is 5.91 Å². The van der Waals surface area contributed by atoms with Crippen molar-refractivity contribution < 1.29 is 9.53 Å². The van der Waals surface area contributed by atoms with Gasteiger partial charge in [-0.3, -0.25) is 9.48 Å². The van der Waals surface area contributed by atoms with E-state index in [1.54, 1.807) is 17.1 Å². The maximum absolute atomic E-state index is 11.8. The van der Waals surface area contributed by atoms with Crippen LogP contribution in [0, 0.1) is 0 Å². The monoisotopic (exact) mass is 338 g/mol. The van der Waals surface area contributed by atoms with E-state index in [-0.39, 0.29) is 18.6 Å². The fourth-order valence-electron chi connectivity index (χ4n) is 1.67. The average molecular weight is 339 g/mol. The van der Waals surface area contributed by atoms with Crippen LogP contribution in [0.15, 0.2) is 41.4 Å². The van der Waals surface area contributed by atoms with E-state index >= 15 is 0 Å². The Kier molecular flexibility index (Phi) is 5.11. The summed E-state index contributed by atoms with van der Waals surface area (Å²) in [4.78, 5) is 15.6. The zero-order valence-corrected chi connectivity index (χ0v) is 12.6. The van der Waals surface area contributed by atoms with Gasteiger partial charge in [0.15, 0.2) is 6.61 Å². The van der Waals surface area contributed by atoms with Crippen LogP contribution in [0.25, 0.3) is 0 Å². The number of para-hydroxylation sites is 1. The minimum atomic E-state index is -0.173. The number of rotatable bonds is 6. The number of aromatic nitrogens is 3. The second-order valence-corrected chi connectivity index (χ2v) is 5.16. The number of halogens is 1. The Morgan fingerprint density at radius 1 is 1.50 bits per heavy atom. The molecule has 2 aromatic rings. The van der Waals surface area contributed by atoms with Crippen LogP contribution in [0.5, 0.6) is 5.75 Å². The van der Waals surface area contributed by atoms with E-state index in [4.69, 9.17) is 4.74 Å². The Hall–Kier alpha value is -1.89. The van der Waals surface area contributed by atoms with Crippen molar-refractivity contribution >= 4 is 21.8 Å². The van der Waals surface area contributed by atoms with Crippen LogP contribution in [0.2, 0.25) is 0 Å². The third-order valence-corrected chi connectivity index (χ3v) is 3.19. The summed E-state index contributed by atoms with van der Waals surface area (Å²) in [6, 6.07) is 7.35. The van der Waals surface area contributed by atoms with Crippen molar-refractivity contribution in [3.05, 3.63) is 41.4 Å². The Morgan fingerprint density at radius 3 is 3.00 bits per heavy atom. The lowest BCUT2D eigenvalue weighted by Crippen LogP contribution is -2.38. The molecule has 1 amide bonds. The molecule has 1 atom stereocenters. The van der Waals surface area contributed by atoms with Gasteiger partial charge in [0.05, 0.1) is 11.0 Å². The van der Waals surface area contributed by atoms with Crippen molar-refractivity contribution in [1.82, 2.24) is 20.1 Å². The highest BCUT2D eigenvalue weighted by molar-refractivity contribution is 9.10. The van der Waals surface area contributed by atoms with E-state index in [0.29, 0.717) is 12.3 Å². The third kappa shape index (κ3) is 4.34. The van der Waals surface area contributed by atoms with Gasteiger partial charge >= 0.3 is 0 Å². The van der Waals surface area contributed by atoms with Crippen molar-refractivity contribution in [3.8, 4) is 5.75 Å². The van der Waals surface area contributed by atoms with Gasteiger partial charge in [0.2, 0.25) is 0 Å². The second kappa shape index (κ2) is 7.04. The van der Waals surface area contributed by atoms with E-state index in [2.05, 4.69) is 31.3 Å². The quantitative estimate of drug-likeness (QED) is 0.868. The number of benzene rings is 1. The van der Waals surface area contributed by atoms with Gasteiger partial charge in [0.1, 0.15) is 18.4 Å². The van der Waals surface area contributed by atoms with E-state index in [1.807, 2.05) is 25.1 Å². The molecular weight excluding hydrogens is 324 g/mol. The van der Waals surface area contributed by atoms with E-state index in [9.17, 15) is 4.79 Å². The van der Waals surface area contributed by atoms with Crippen LogP contribution in [-0.2, 0) is 11.3 Å². The summed E-state index contributed by atoms with van der Waals surface area (Å²) in [5.74, 6) is 0.472. The number of carbonyl (C=O) groups excluding carboxylic acids is 1. The minimum absolute atomic E-state index is 0.0235. The summed E-state index contributed by atoms with van der Waals surface area (Å²) in [5.41, 5.74) is 0. The van der Waals surface area contributed by atoms with Gasteiger partial charge in [0, 0.05) is 6.04 Å². The van der Waals surface area contributed by atoms with Gasteiger partial charge in [-0.1, -0.05) is 12.1 Å². The minimum Gasteiger partial charge on any atom is -0.483 e. The molecule has 0 aliphatic rings. The predicted molar refractivity (Wildman–Crippen MR) is 77.3 cm³/mol. The molecule has 1 aromatic carbocycles. The highest BCUT2D eigenvalue weighted by atomic mass is 79.9. The molecule has 1 unspecified atom stereocenters. The smallest absolute Gasteiger partial charge is 0.258 e. The standard InChI is InChI=1S/C13H15BrN4O2/c1-10(6-18-9-15-8-16-18)17-13(19)7-20-12-5-3-2-4-11(12)14/h2-5,8-10H,6-7H2,1H3,(H,17,19). The first-order valence-corrected chi connectivity index (χ1v) is 6.93. The molecule has 6 nitrogen and oxygen atoms in total. The fraction of sp³-hybridized carbons (Fsp3) is 0.308. The van der Waals surface area contributed by atoms with Gasteiger partial charge < -0.3 is 10.1 Å². The van der Waals surface area contributed by atoms with Crippen molar-refractivity contribution in [1.29, 1.82) is 0 Å². The summed E-state index contributed by atoms with van der Waals surface area (Å²) < 4.78 is 7.93. The van der Waals surface area contributed by atoms with Crippen molar-refractivity contribution in [2.45, 2.75) is 19.5 Å². The number of hydrogen-bond donors (Lipinski definition) is 1. The number of carbonyl (C=O) groups is 1. The molecule has 7 heteroatoms. The normalized spacial score (nSPS) is 11.9. The van der Waals surface area contributed by atoms with Gasteiger partial charge in [-0.15, -0.1) is 0 Å². The average Bonchev–Trinajstić information content (AvgIpc) is 2.90. The fourth-order valence-corrected chi connectivity index (χ4v) is 2.07. The number of ether oxygens (including phenoxy) is 1. The number of amides is 1. The third-order valence-electron chi connectivity index (χ3n) is 2.53. The Bertz CT molecular complexity index is 559. The lowest BCUT2D eigenvalue weighted by molar-refractivity contribution is -0.123. The highest BCUT2D eigenvalue weighted by Gasteiger charge is 2.09. The molecule has 106 valence electrons. The molecule has 1 heterocycles. The summed E-state index contributed by atoms with van der Waals surface area (Å²) >= 11 is 3.36. The lowest BCUT2D eigenvalue weighted by atomic mass is 10.3. The SMILES string of the molecule is CC(Cn1cncn1)NC(=O)COc1ccccc1Br. The summed E-state index contributed by atoms with van der Waals surface area (Å²) in [6.07, 6.45) is 3.07. The van der Waals surface area contributed by atoms with Gasteiger partial charge in [-0.2, -0.15) is 5.10 Å². The highest BCUT2D eigenvalue weighted by Crippen LogP contribution is 2.23. The molecule has 0 saturated carbocycles. The first-order valence-electron chi connectivity index (χ1n) is 6.14. The molecule has 0 bridgehead atoms. The van der Waals surface area contributed by atoms with Gasteiger partial charge in [-0.05, 0) is 35.0 Å². The maximum Gasteiger partial charge on any atom is 0.258 e. The molecule has 0 saturated heterocycles. The molecule has 0 spiro atoms. The zero-order chi connectivity index (χ0) is 14.4. The molecule has 1 N–H and O–H groups in total. The number of nitrogens with zero attached hydrogens (tertiary/aromatic N) is 3. The number of hydrogen-bond acceptors (Lipinski definition) is 4. The molecule has 1 aromatic heterocycles. The van der Waals surface area contributed by atoms with Crippen molar-refractivity contribution in [2.75, 3.05) is 6.61 Å². The number of nitrogens with one attached hydrogen (secondary N) is 1. The Balaban J connectivity index is 1.76. The largest absolute Gasteiger partial charge is 0.483 e. The maximum atomic E-state index is 11.8. The van der Waals surface area contributed by atoms with Crippen LogP contribution in [-0.4, -0.2) is 33.3 Å². The molecule has 20 heavy (non-hydrogen) atoms. The summed E-state index contributed by atoms with van der Waals surface area (Å²) in [7, 11) is 0. The molecule has 2 rings (SSSR count). The van der Waals surface area contributed by atoms with Crippen molar-refractivity contribution in [2.24, 2.45) is 0 Å². The summed E-state index contributed by atoms with van der Waals surface area (Å²) in [6.45, 7) is 2.45. The molecule has 0 aliphatic carbocycles. The zero-order valence-electron chi connectivity index (χ0n) is 11.0. The first-order chi connectivity index (χ1) is 9.65. The Labute approximate surface area is 125 Å². The second-order valence-electron chi connectivity index (χ2n) is 4.31. The van der Waals surface area contributed by atoms with E-state index in [1.165, 1.54) is 6.33 Å². The molecular formula is C13H15BrN4O2. The van der Waals surface area contributed by atoms with Crippen LogP contribution < -0.4 is 10.1 Å². The van der Waals surface area contributed by atoms with Crippen molar-refractivity contribution in [3.63, 3.8) is 0 Å². The molecule has 0 radical (unpaired) electrons. The van der Waals surface area contributed by atoms with Gasteiger partial charge in [-0.25, -0.2) is 4.98 Å². The predicted octanol–water partition coefficient (Wildman–Crippen LogP) is 1.62. The first kappa shape index (κ1) is 14.5. The topological polar surface area (TPSA) is 69.0 Å². The van der Waals surface area contributed by atoms with Crippen LogP contribution in [0.3, 0.4) is 0 Å². The van der Waals surface area contributed by atoms with Crippen LogP contribution in [0.1, 0.15) is 6.92 Å². The van der Waals surface area contributed by atoms with E-state index < -0.39 is 0 Å². The lowest BCUT2D eigenvalue weighted by Gasteiger charge is -2.14. The Morgan fingerprint density at radius 2 is 2.30 bits per heavy atom. The van der Waals surface area contributed by atoms with E-state index in [0.717, 1.165) is 4.47 Å². The molecule has 0 fully saturated rings. The van der Waals surface area contributed by atoms with Crippen LogP contribution in [0.4, 0.5) is 0 Å². The van der Waals surface area contributed by atoms with Crippen LogP contribution >= 0.6 is 15.9 Å². The molecule has 0 aliphatic heterocycles.